The van der Waals surface area contributed by atoms with Crippen molar-refractivity contribution in [3.8, 4) is 22.6 Å². The highest BCUT2D eigenvalue weighted by atomic mass is 79.9. The van der Waals surface area contributed by atoms with Crippen molar-refractivity contribution in [2.45, 2.75) is 0 Å². The maximum Gasteiger partial charge on any atom is 0.160 e. The Morgan fingerprint density at radius 1 is 0.609 bits per heavy atom. The van der Waals surface area contributed by atoms with Crippen LogP contribution in [0.1, 0.15) is 0 Å². The van der Waals surface area contributed by atoms with Gasteiger partial charge in [0.25, 0.3) is 0 Å². The number of aromatic nitrogens is 2. The highest BCUT2D eigenvalue weighted by molar-refractivity contribution is 9.10. The van der Waals surface area contributed by atoms with Crippen LogP contribution in [-0.4, -0.2) is 9.97 Å². The maximum absolute atomic E-state index is 4.85. The minimum atomic E-state index is 0.740. The zero-order valence-electron chi connectivity index (χ0n) is 12.3. The van der Waals surface area contributed by atoms with E-state index in [1.165, 1.54) is 0 Å². The SMILES string of the molecule is Brc1cccc2c(-c3ccccc3)nc(-c3ccccc3)nc12. The number of halogens is 1. The molecule has 0 saturated heterocycles. The third-order valence-electron chi connectivity index (χ3n) is 3.76. The molecule has 0 N–H and O–H groups in total. The predicted octanol–water partition coefficient (Wildman–Crippen LogP) is 5.73. The fraction of sp³-hybridized carbons (Fsp3) is 0. The van der Waals surface area contributed by atoms with Gasteiger partial charge >= 0.3 is 0 Å². The number of fused-ring (bicyclic) bond motifs is 1. The number of rotatable bonds is 2. The standard InChI is InChI=1S/C20H13BrN2/c21-17-13-7-12-16-18(14-8-3-1-4-9-14)22-20(23-19(16)17)15-10-5-2-6-11-15/h1-13H. The molecule has 1 aromatic heterocycles. The monoisotopic (exact) mass is 360 g/mol. The van der Waals surface area contributed by atoms with Gasteiger partial charge in [0, 0.05) is 21.0 Å². The molecule has 4 rings (SSSR count). The Morgan fingerprint density at radius 3 is 1.96 bits per heavy atom. The maximum atomic E-state index is 4.85. The van der Waals surface area contributed by atoms with Crippen LogP contribution in [0.4, 0.5) is 0 Å². The molecule has 23 heavy (non-hydrogen) atoms. The molecule has 0 fully saturated rings. The van der Waals surface area contributed by atoms with Crippen LogP contribution in [-0.2, 0) is 0 Å². The predicted molar refractivity (Wildman–Crippen MR) is 98.1 cm³/mol. The van der Waals surface area contributed by atoms with Crippen molar-refractivity contribution in [3.05, 3.63) is 83.3 Å². The third kappa shape index (κ3) is 2.64. The first-order valence-corrected chi connectivity index (χ1v) is 8.19. The molecule has 0 atom stereocenters. The summed E-state index contributed by atoms with van der Waals surface area (Å²) in [6, 6.07) is 26.4. The zero-order chi connectivity index (χ0) is 15.6. The van der Waals surface area contributed by atoms with Crippen molar-refractivity contribution in [1.29, 1.82) is 0 Å². The fourth-order valence-electron chi connectivity index (χ4n) is 2.65. The molecular formula is C20H13BrN2. The van der Waals surface area contributed by atoms with Gasteiger partial charge in [-0.1, -0.05) is 72.8 Å². The van der Waals surface area contributed by atoms with E-state index in [2.05, 4.69) is 34.1 Å². The van der Waals surface area contributed by atoms with Crippen LogP contribution >= 0.6 is 15.9 Å². The second-order valence-corrected chi connectivity index (χ2v) is 6.12. The van der Waals surface area contributed by atoms with Crippen molar-refractivity contribution in [3.63, 3.8) is 0 Å². The number of para-hydroxylation sites is 1. The fourth-order valence-corrected chi connectivity index (χ4v) is 3.10. The minimum Gasteiger partial charge on any atom is -0.227 e. The van der Waals surface area contributed by atoms with Gasteiger partial charge in [0.1, 0.15) is 0 Å². The van der Waals surface area contributed by atoms with E-state index in [1.54, 1.807) is 0 Å². The molecule has 0 amide bonds. The molecule has 3 aromatic carbocycles. The van der Waals surface area contributed by atoms with E-state index < -0.39 is 0 Å². The molecule has 4 aromatic rings. The summed E-state index contributed by atoms with van der Waals surface area (Å²) < 4.78 is 0.978. The molecule has 0 radical (unpaired) electrons. The summed E-state index contributed by atoms with van der Waals surface area (Å²) in [7, 11) is 0. The molecule has 110 valence electrons. The lowest BCUT2D eigenvalue weighted by molar-refractivity contribution is 1.23. The Morgan fingerprint density at radius 2 is 1.26 bits per heavy atom. The van der Waals surface area contributed by atoms with Gasteiger partial charge in [-0.05, 0) is 22.0 Å². The van der Waals surface area contributed by atoms with Crippen molar-refractivity contribution in [2.24, 2.45) is 0 Å². The van der Waals surface area contributed by atoms with Crippen LogP contribution in [0.15, 0.2) is 83.3 Å². The summed E-state index contributed by atoms with van der Waals surface area (Å²) >= 11 is 3.62. The minimum absolute atomic E-state index is 0.740. The lowest BCUT2D eigenvalue weighted by atomic mass is 10.1. The van der Waals surface area contributed by atoms with Crippen molar-refractivity contribution in [2.75, 3.05) is 0 Å². The van der Waals surface area contributed by atoms with Crippen LogP contribution in [0.2, 0.25) is 0 Å². The summed E-state index contributed by atoms with van der Waals surface area (Å²) in [6.45, 7) is 0. The second kappa shape index (κ2) is 5.94. The summed E-state index contributed by atoms with van der Waals surface area (Å²) in [4.78, 5) is 9.62. The van der Waals surface area contributed by atoms with Gasteiger partial charge in [0.15, 0.2) is 5.82 Å². The molecule has 0 aliphatic carbocycles. The quantitative estimate of drug-likeness (QED) is 0.456. The Labute approximate surface area is 143 Å². The molecule has 0 bridgehead atoms. The highest BCUT2D eigenvalue weighted by Gasteiger charge is 2.12. The van der Waals surface area contributed by atoms with E-state index in [-0.39, 0.29) is 0 Å². The van der Waals surface area contributed by atoms with Crippen LogP contribution in [0.5, 0.6) is 0 Å². The molecule has 0 aliphatic heterocycles. The Hall–Kier alpha value is -2.52. The molecule has 3 heteroatoms. The van der Waals surface area contributed by atoms with E-state index in [1.807, 2.05) is 60.7 Å². The van der Waals surface area contributed by atoms with E-state index >= 15 is 0 Å². The summed E-state index contributed by atoms with van der Waals surface area (Å²) in [5.74, 6) is 0.740. The van der Waals surface area contributed by atoms with Gasteiger partial charge in [-0.3, -0.25) is 0 Å². The van der Waals surface area contributed by atoms with Gasteiger partial charge in [-0.2, -0.15) is 0 Å². The molecule has 2 nitrogen and oxygen atoms in total. The van der Waals surface area contributed by atoms with Crippen molar-refractivity contribution in [1.82, 2.24) is 9.97 Å². The van der Waals surface area contributed by atoms with E-state index in [0.717, 1.165) is 38.0 Å². The van der Waals surface area contributed by atoms with Gasteiger partial charge in [-0.25, -0.2) is 9.97 Å². The van der Waals surface area contributed by atoms with Gasteiger partial charge < -0.3 is 0 Å². The van der Waals surface area contributed by atoms with Crippen LogP contribution in [0.3, 0.4) is 0 Å². The first-order valence-electron chi connectivity index (χ1n) is 7.40. The smallest absolute Gasteiger partial charge is 0.160 e. The molecule has 0 aliphatic rings. The Kier molecular flexibility index (Phi) is 3.64. The van der Waals surface area contributed by atoms with Crippen molar-refractivity contribution >= 4 is 26.8 Å². The number of hydrogen-bond acceptors (Lipinski definition) is 2. The Bertz CT molecular complexity index is 967. The van der Waals surface area contributed by atoms with Crippen LogP contribution in [0, 0.1) is 0 Å². The van der Waals surface area contributed by atoms with Crippen LogP contribution in [0.25, 0.3) is 33.5 Å². The van der Waals surface area contributed by atoms with Crippen LogP contribution < -0.4 is 0 Å². The molecule has 0 spiro atoms. The first kappa shape index (κ1) is 14.1. The number of benzene rings is 3. The Balaban J connectivity index is 2.06. The topological polar surface area (TPSA) is 25.8 Å². The molecule has 0 saturated carbocycles. The summed E-state index contributed by atoms with van der Waals surface area (Å²) in [6.07, 6.45) is 0. The van der Waals surface area contributed by atoms with Crippen molar-refractivity contribution < 1.29 is 0 Å². The molecular weight excluding hydrogens is 348 g/mol. The van der Waals surface area contributed by atoms with Gasteiger partial charge in [0.2, 0.25) is 0 Å². The lowest BCUT2D eigenvalue weighted by Gasteiger charge is -2.10. The van der Waals surface area contributed by atoms with E-state index in [9.17, 15) is 0 Å². The number of nitrogens with zero attached hydrogens (tertiary/aromatic N) is 2. The summed E-state index contributed by atoms with van der Waals surface area (Å²) in [5.41, 5.74) is 3.99. The third-order valence-corrected chi connectivity index (χ3v) is 4.40. The lowest BCUT2D eigenvalue weighted by Crippen LogP contribution is -1.95. The summed E-state index contributed by atoms with van der Waals surface area (Å²) in [5, 5.41) is 1.05. The number of hydrogen-bond donors (Lipinski definition) is 0. The van der Waals surface area contributed by atoms with Gasteiger partial charge in [0.05, 0.1) is 11.2 Å². The zero-order valence-corrected chi connectivity index (χ0v) is 13.9. The molecule has 0 unspecified atom stereocenters. The van der Waals surface area contributed by atoms with E-state index in [4.69, 9.17) is 9.97 Å². The molecule has 1 heterocycles. The largest absolute Gasteiger partial charge is 0.227 e. The second-order valence-electron chi connectivity index (χ2n) is 5.26. The highest BCUT2D eigenvalue weighted by Crippen LogP contribution is 2.32. The average molecular weight is 361 g/mol. The van der Waals surface area contributed by atoms with E-state index in [0.29, 0.717) is 0 Å². The van der Waals surface area contributed by atoms with Gasteiger partial charge in [-0.15, -0.1) is 0 Å². The average Bonchev–Trinajstić information content (AvgIpc) is 2.63. The normalized spacial score (nSPS) is 10.8. The first-order chi connectivity index (χ1) is 11.3.